The van der Waals surface area contributed by atoms with E-state index >= 15 is 0 Å². The zero-order valence-electron chi connectivity index (χ0n) is 11.0. The smallest absolute Gasteiger partial charge is 0.243 e. The van der Waals surface area contributed by atoms with Gasteiger partial charge in [0, 0.05) is 29.7 Å². The van der Waals surface area contributed by atoms with Crippen LogP contribution in [0.2, 0.25) is 0 Å². The number of nitrogens with two attached hydrogens (primary N) is 1. The second-order valence-corrected chi connectivity index (χ2v) is 7.95. The van der Waals surface area contributed by atoms with E-state index in [0.717, 1.165) is 11.1 Å². The number of hydrogen-bond acceptors (Lipinski definition) is 5. The summed E-state index contributed by atoms with van der Waals surface area (Å²) in [6.07, 6.45) is 1.65. The summed E-state index contributed by atoms with van der Waals surface area (Å²) in [6.45, 7) is 1.97. The van der Waals surface area contributed by atoms with Crippen molar-refractivity contribution in [1.29, 1.82) is 0 Å². The number of nitrogens with one attached hydrogen (secondary N) is 1. The number of aromatic nitrogens is 1. The lowest BCUT2D eigenvalue weighted by molar-refractivity contribution is 0.550. The van der Waals surface area contributed by atoms with E-state index in [9.17, 15) is 12.8 Å². The normalized spacial score (nSPS) is 13.3. The van der Waals surface area contributed by atoms with Crippen LogP contribution in [0.1, 0.15) is 17.8 Å². The van der Waals surface area contributed by atoms with Crippen LogP contribution in [0.5, 0.6) is 0 Å². The molecule has 0 amide bonds. The molecule has 0 fully saturated rings. The van der Waals surface area contributed by atoms with Crippen molar-refractivity contribution >= 4 is 43.0 Å². The lowest BCUT2D eigenvalue weighted by Crippen LogP contribution is -2.28. The Hall–Kier alpha value is -1.03. The predicted octanol–water partition coefficient (Wildman–Crippen LogP) is 2.71. The number of thiazole rings is 1. The maximum Gasteiger partial charge on any atom is 0.243 e. The second kappa shape index (κ2) is 6.39. The van der Waals surface area contributed by atoms with Crippen LogP contribution in [0, 0.1) is 5.82 Å². The van der Waals surface area contributed by atoms with Gasteiger partial charge in [-0.2, -0.15) is 0 Å². The molecule has 0 bridgehead atoms. The van der Waals surface area contributed by atoms with Gasteiger partial charge in [-0.15, -0.1) is 11.3 Å². The van der Waals surface area contributed by atoms with Gasteiger partial charge in [-0.1, -0.05) is 6.92 Å². The van der Waals surface area contributed by atoms with Crippen molar-refractivity contribution in [3.05, 3.63) is 39.0 Å². The molecule has 1 aromatic carbocycles. The number of benzene rings is 1. The van der Waals surface area contributed by atoms with Crippen LogP contribution in [0.4, 0.5) is 10.1 Å². The van der Waals surface area contributed by atoms with Gasteiger partial charge in [0.1, 0.15) is 4.90 Å². The Labute approximate surface area is 134 Å². The summed E-state index contributed by atoms with van der Waals surface area (Å²) < 4.78 is 40.7. The number of sulfonamides is 1. The van der Waals surface area contributed by atoms with Crippen LogP contribution in [0.25, 0.3) is 0 Å². The summed E-state index contributed by atoms with van der Waals surface area (Å²) >= 11 is 4.38. The molecule has 0 saturated carbocycles. The van der Waals surface area contributed by atoms with Crippen LogP contribution >= 0.6 is 27.3 Å². The van der Waals surface area contributed by atoms with Gasteiger partial charge in [-0.25, -0.2) is 22.5 Å². The van der Waals surface area contributed by atoms with E-state index < -0.39 is 20.7 Å². The topological polar surface area (TPSA) is 85.1 Å². The molecule has 2 rings (SSSR count). The molecule has 0 aliphatic rings. The lowest BCUT2D eigenvalue weighted by atomic mass is 10.2. The maximum absolute atomic E-state index is 13.9. The van der Waals surface area contributed by atoms with Crippen molar-refractivity contribution in [2.24, 2.45) is 0 Å². The van der Waals surface area contributed by atoms with Gasteiger partial charge in [0.2, 0.25) is 10.0 Å². The van der Waals surface area contributed by atoms with Crippen molar-refractivity contribution in [1.82, 2.24) is 9.71 Å². The molecular formula is C12H13BrFN3O2S2. The van der Waals surface area contributed by atoms with E-state index in [1.165, 1.54) is 17.4 Å². The van der Waals surface area contributed by atoms with E-state index in [-0.39, 0.29) is 22.6 Å². The van der Waals surface area contributed by atoms with Gasteiger partial charge in [0.05, 0.1) is 9.48 Å². The van der Waals surface area contributed by atoms with Crippen LogP contribution in [-0.2, 0) is 10.0 Å². The van der Waals surface area contributed by atoms with Crippen LogP contribution in [0.15, 0.2) is 33.1 Å². The zero-order chi connectivity index (χ0) is 15.6. The number of nitrogens with zero attached hydrogens (tertiary/aromatic N) is 1. The fraction of sp³-hybridized carbons (Fsp3) is 0.250. The molecule has 0 radical (unpaired) electrons. The van der Waals surface area contributed by atoms with Gasteiger partial charge in [-0.05, 0) is 28.1 Å². The fourth-order valence-corrected chi connectivity index (χ4v) is 4.23. The highest BCUT2D eigenvalue weighted by Crippen LogP contribution is 2.26. The first-order chi connectivity index (χ1) is 9.81. The Morgan fingerprint density at radius 3 is 2.86 bits per heavy atom. The molecule has 3 N–H and O–H groups in total. The van der Waals surface area contributed by atoms with Gasteiger partial charge >= 0.3 is 0 Å². The lowest BCUT2D eigenvalue weighted by Gasteiger charge is -2.12. The first-order valence-corrected chi connectivity index (χ1v) is 9.10. The SMILES string of the molecule is CC(CNS(=O)(=O)c1cc(N)cc(Br)c1F)c1nccs1. The number of halogens is 2. The summed E-state index contributed by atoms with van der Waals surface area (Å²) in [7, 11) is -3.98. The fourth-order valence-electron chi connectivity index (χ4n) is 1.66. The van der Waals surface area contributed by atoms with E-state index in [1.54, 1.807) is 6.20 Å². The molecule has 9 heteroatoms. The van der Waals surface area contributed by atoms with Crippen LogP contribution < -0.4 is 10.5 Å². The average Bonchev–Trinajstić information content (AvgIpc) is 2.94. The summed E-state index contributed by atoms with van der Waals surface area (Å²) in [5.74, 6) is -0.967. The molecule has 0 aliphatic heterocycles. The standard InChI is InChI=1S/C12H13BrFN3O2S2/c1-7(12-16-2-3-20-12)6-17-21(18,19)10-5-8(15)4-9(13)11(10)14/h2-5,7,17H,6,15H2,1H3. The molecule has 114 valence electrons. The van der Waals surface area contributed by atoms with Gasteiger partial charge in [-0.3, -0.25) is 0 Å². The summed E-state index contributed by atoms with van der Waals surface area (Å²) in [5, 5.41) is 2.63. The highest BCUT2D eigenvalue weighted by molar-refractivity contribution is 9.10. The predicted molar refractivity (Wildman–Crippen MR) is 84.2 cm³/mol. The van der Waals surface area contributed by atoms with Crippen molar-refractivity contribution < 1.29 is 12.8 Å². The largest absolute Gasteiger partial charge is 0.399 e. The third-order valence-electron chi connectivity index (χ3n) is 2.76. The zero-order valence-corrected chi connectivity index (χ0v) is 14.2. The average molecular weight is 394 g/mol. The van der Waals surface area contributed by atoms with Crippen molar-refractivity contribution in [2.75, 3.05) is 12.3 Å². The molecule has 0 aliphatic carbocycles. The van der Waals surface area contributed by atoms with E-state index in [4.69, 9.17) is 5.73 Å². The second-order valence-electron chi connectivity index (χ2n) is 4.44. The molecule has 1 aromatic heterocycles. The third kappa shape index (κ3) is 3.79. The summed E-state index contributed by atoms with van der Waals surface area (Å²) in [4.78, 5) is 3.65. The number of rotatable bonds is 5. The highest BCUT2D eigenvalue weighted by Gasteiger charge is 2.22. The maximum atomic E-state index is 13.9. The number of nitrogen functional groups attached to an aromatic ring is 1. The molecular weight excluding hydrogens is 381 g/mol. The monoisotopic (exact) mass is 393 g/mol. The Morgan fingerprint density at radius 1 is 1.52 bits per heavy atom. The molecule has 2 aromatic rings. The quantitative estimate of drug-likeness (QED) is 0.764. The summed E-state index contributed by atoms with van der Waals surface area (Å²) in [5.41, 5.74) is 5.72. The molecule has 1 heterocycles. The number of anilines is 1. The summed E-state index contributed by atoms with van der Waals surface area (Å²) in [6, 6.07) is 2.41. The van der Waals surface area contributed by atoms with Gasteiger partial charge in [0.15, 0.2) is 5.82 Å². The minimum Gasteiger partial charge on any atom is -0.399 e. The molecule has 5 nitrogen and oxygen atoms in total. The van der Waals surface area contributed by atoms with Crippen LogP contribution in [-0.4, -0.2) is 19.9 Å². The minimum absolute atomic E-state index is 0.0100. The molecule has 1 unspecified atom stereocenters. The first-order valence-electron chi connectivity index (χ1n) is 5.95. The Balaban J connectivity index is 2.19. The Bertz CT molecular complexity index is 735. The Morgan fingerprint density at radius 2 is 2.24 bits per heavy atom. The Kier molecular flexibility index (Phi) is 4.97. The number of hydrogen-bond donors (Lipinski definition) is 2. The van der Waals surface area contributed by atoms with Gasteiger partial charge < -0.3 is 5.73 Å². The van der Waals surface area contributed by atoms with Crippen molar-refractivity contribution in [3.8, 4) is 0 Å². The highest BCUT2D eigenvalue weighted by atomic mass is 79.9. The van der Waals surface area contributed by atoms with E-state index in [0.29, 0.717) is 0 Å². The van der Waals surface area contributed by atoms with Crippen molar-refractivity contribution in [3.63, 3.8) is 0 Å². The molecule has 0 spiro atoms. The van der Waals surface area contributed by atoms with E-state index in [1.807, 2.05) is 12.3 Å². The minimum atomic E-state index is -3.98. The molecule has 1 atom stereocenters. The van der Waals surface area contributed by atoms with E-state index in [2.05, 4.69) is 25.6 Å². The first kappa shape index (κ1) is 16.3. The van der Waals surface area contributed by atoms with Crippen LogP contribution in [0.3, 0.4) is 0 Å². The molecule has 0 saturated heterocycles. The third-order valence-corrected chi connectivity index (χ3v) is 5.77. The van der Waals surface area contributed by atoms with Crippen molar-refractivity contribution in [2.45, 2.75) is 17.7 Å². The van der Waals surface area contributed by atoms with Gasteiger partial charge in [0.25, 0.3) is 0 Å². The molecule has 21 heavy (non-hydrogen) atoms.